The van der Waals surface area contributed by atoms with Crippen molar-refractivity contribution >= 4 is 33.6 Å². The Bertz CT molecular complexity index is 1130. The monoisotopic (exact) mass is 345 g/mol. The third-order valence-corrected chi connectivity index (χ3v) is 4.25. The number of amides is 1. The number of hydrogen-bond donors (Lipinski definition) is 1. The van der Waals surface area contributed by atoms with Crippen LogP contribution in [0.5, 0.6) is 5.75 Å². The van der Waals surface area contributed by atoms with Crippen molar-refractivity contribution in [1.29, 1.82) is 0 Å². The van der Waals surface area contributed by atoms with E-state index < -0.39 is 11.9 Å². The first-order valence-electron chi connectivity index (χ1n) is 8.10. The van der Waals surface area contributed by atoms with Gasteiger partial charge in [-0.3, -0.25) is 9.59 Å². The molecule has 4 rings (SSSR count). The first kappa shape index (κ1) is 15.9. The third-order valence-electron chi connectivity index (χ3n) is 4.25. The number of rotatable bonds is 4. The Kier molecular flexibility index (Phi) is 3.89. The number of benzene rings is 3. The Morgan fingerprint density at radius 2 is 1.73 bits per heavy atom. The number of nitrogens with two attached hydrogens (primary N) is 1. The minimum absolute atomic E-state index is 0.0819. The van der Waals surface area contributed by atoms with Crippen LogP contribution in [0.25, 0.3) is 21.7 Å². The molecule has 0 spiro atoms. The summed E-state index contributed by atoms with van der Waals surface area (Å²) in [6, 6.07) is 18.0. The quantitative estimate of drug-likeness (QED) is 0.450. The van der Waals surface area contributed by atoms with Gasteiger partial charge in [0, 0.05) is 16.5 Å². The SMILES string of the molecule is NC(=O)c1ccc(OC(=O)Cc2coc3ccc4ccccc4c23)cc1. The third kappa shape index (κ3) is 2.91. The minimum Gasteiger partial charge on any atom is -0.464 e. The first-order chi connectivity index (χ1) is 12.6. The van der Waals surface area contributed by atoms with E-state index in [1.165, 1.54) is 12.1 Å². The van der Waals surface area contributed by atoms with Crippen molar-refractivity contribution in [3.63, 3.8) is 0 Å². The van der Waals surface area contributed by atoms with Crippen LogP contribution in [0.15, 0.2) is 71.3 Å². The van der Waals surface area contributed by atoms with Crippen molar-refractivity contribution in [2.75, 3.05) is 0 Å². The minimum atomic E-state index is -0.528. The van der Waals surface area contributed by atoms with Crippen LogP contribution in [0.2, 0.25) is 0 Å². The zero-order chi connectivity index (χ0) is 18.1. The molecule has 4 aromatic rings. The molecule has 3 aromatic carbocycles. The highest BCUT2D eigenvalue weighted by atomic mass is 16.5. The van der Waals surface area contributed by atoms with E-state index in [0.29, 0.717) is 11.3 Å². The molecular weight excluding hydrogens is 330 g/mol. The van der Waals surface area contributed by atoms with Crippen molar-refractivity contribution in [2.45, 2.75) is 6.42 Å². The normalized spacial score (nSPS) is 10.9. The summed E-state index contributed by atoms with van der Waals surface area (Å²) in [5, 5.41) is 3.04. The fraction of sp³-hybridized carbons (Fsp3) is 0.0476. The molecule has 1 amide bonds. The van der Waals surface area contributed by atoms with Gasteiger partial charge in [0.25, 0.3) is 0 Å². The van der Waals surface area contributed by atoms with E-state index in [4.69, 9.17) is 14.9 Å². The Hall–Kier alpha value is -3.60. The first-order valence-corrected chi connectivity index (χ1v) is 8.10. The molecule has 128 valence electrons. The summed E-state index contributed by atoms with van der Waals surface area (Å²) in [4.78, 5) is 23.4. The van der Waals surface area contributed by atoms with Crippen LogP contribution in [0.4, 0.5) is 0 Å². The maximum Gasteiger partial charge on any atom is 0.315 e. The van der Waals surface area contributed by atoms with Gasteiger partial charge in [-0.25, -0.2) is 0 Å². The van der Waals surface area contributed by atoms with Crippen LogP contribution in [0, 0.1) is 0 Å². The number of carbonyl (C=O) groups is 2. The second-order valence-electron chi connectivity index (χ2n) is 5.96. The number of fused-ring (bicyclic) bond motifs is 3. The molecular formula is C21H15NO4. The van der Waals surface area contributed by atoms with Gasteiger partial charge in [-0.1, -0.05) is 30.3 Å². The molecule has 1 aromatic heterocycles. The molecule has 0 saturated heterocycles. The molecule has 0 aliphatic carbocycles. The van der Waals surface area contributed by atoms with Crippen molar-refractivity contribution in [1.82, 2.24) is 0 Å². The van der Waals surface area contributed by atoms with Crippen molar-refractivity contribution in [3.05, 3.63) is 78.1 Å². The molecule has 0 radical (unpaired) electrons. The molecule has 0 aliphatic heterocycles. The maximum atomic E-state index is 12.3. The van der Waals surface area contributed by atoms with E-state index >= 15 is 0 Å². The summed E-state index contributed by atoms with van der Waals surface area (Å²) in [6.45, 7) is 0. The fourth-order valence-electron chi connectivity index (χ4n) is 3.01. The molecule has 0 unspecified atom stereocenters. The van der Waals surface area contributed by atoms with E-state index in [1.54, 1.807) is 18.4 Å². The summed E-state index contributed by atoms with van der Waals surface area (Å²) >= 11 is 0. The Morgan fingerprint density at radius 3 is 2.50 bits per heavy atom. The number of carbonyl (C=O) groups excluding carboxylic acids is 2. The molecule has 0 saturated carbocycles. The molecule has 2 N–H and O–H groups in total. The zero-order valence-corrected chi connectivity index (χ0v) is 13.8. The topological polar surface area (TPSA) is 82.5 Å². The summed E-state index contributed by atoms with van der Waals surface area (Å²) in [7, 11) is 0. The predicted octanol–water partition coefficient (Wildman–Crippen LogP) is 3.83. The molecule has 0 bridgehead atoms. The zero-order valence-electron chi connectivity index (χ0n) is 13.8. The molecule has 0 aliphatic rings. The van der Waals surface area contributed by atoms with Crippen LogP contribution in [-0.4, -0.2) is 11.9 Å². The van der Waals surface area contributed by atoms with E-state index in [2.05, 4.69) is 0 Å². The van der Waals surface area contributed by atoms with Gasteiger partial charge in [0.1, 0.15) is 11.3 Å². The van der Waals surface area contributed by atoms with Gasteiger partial charge in [-0.2, -0.15) is 0 Å². The van der Waals surface area contributed by atoms with Gasteiger partial charge < -0.3 is 14.9 Å². The van der Waals surface area contributed by atoms with Crippen molar-refractivity contribution in [3.8, 4) is 5.75 Å². The average molecular weight is 345 g/mol. The predicted molar refractivity (Wildman–Crippen MR) is 98.0 cm³/mol. The number of ether oxygens (including phenoxy) is 1. The average Bonchev–Trinajstić information content (AvgIpc) is 3.05. The van der Waals surface area contributed by atoms with Gasteiger partial charge in [0.15, 0.2) is 0 Å². The maximum absolute atomic E-state index is 12.3. The van der Waals surface area contributed by atoms with E-state index in [-0.39, 0.29) is 6.42 Å². The smallest absolute Gasteiger partial charge is 0.315 e. The van der Waals surface area contributed by atoms with Crippen molar-refractivity contribution in [2.24, 2.45) is 5.73 Å². The van der Waals surface area contributed by atoms with Crippen molar-refractivity contribution < 1.29 is 18.7 Å². The van der Waals surface area contributed by atoms with Gasteiger partial charge in [-0.05, 0) is 41.1 Å². The highest BCUT2D eigenvalue weighted by Gasteiger charge is 2.14. The number of hydrogen-bond acceptors (Lipinski definition) is 4. The van der Waals surface area contributed by atoms with E-state index in [9.17, 15) is 9.59 Å². The summed E-state index contributed by atoms with van der Waals surface area (Å²) in [5.74, 6) is -0.579. The second kappa shape index (κ2) is 6.37. The van der Waals surface area contributed by atoms with E-state index in [1.807, 2.05) is 36.4 Å². The Balaban J connectivity index is 1.59. The standard InChI is InChI=1S/C21H15NO4/c22-21(24)14-5-8-16(9-6-14)26-19(23)11-15-12-25-18-10-7-13-3-1-2-4-17(13)20(15)18/h1-10,12H,11H2,(H2,22,24). The number of esters is 1. The van der Waals surface area contributed by atoms with Gasteiger partial charge in [0.05, 0.1) is 12.7 Å². The van der Waals surface area contributed by atoms with E-state index in [0.717, 1.165) is 27.3 Å². The van der Waals surface area contributed by atoms with Crippen LogP contribution >= 0.6 is 0 Å². The lowest BCUT2D eigenvalue weighted by molar-refractivity contribution is -0.133. The lowest BCUT2D eigenvalue weighted by Gasteiger charge is -2.05. The molecule has 0 atom stereocenters. The Morgan fingerprint density at radius 1 is 0.962 bits per heavy atom. The van der Waals surface area contributed by atoms with Gasteiger partial charge in [-0.15, -0.1) is 0 Å². The lowest BCUT2D eigenvalue weighted by atomic mass is 10.0. The highest BCUT2D eigenvalue weighted by molar-refractivity contribution is 6.08. The van der Waals surface area contributed by atoms with Crippen LogP contribution in [-0.2, 0) is 11.2 Å². The molecule has 5 nitrogen and oxygen atoms in total. The largest absolute Gasteiger partial charge is 0.464 e. The molecule has 1 heterocycles. The van der Waals surface area contributed by atoms with Gasteiger partial charge in [0.2, 0.25) is 5.91 Å². The molecule has 5 heteroatoms. The molecule has 26 heavy (non-hydrogen) atoms. The fourth-order valence-corrected chi connectivity index (χ4v) is 3.01. The summed E-state index contributed by atoms with van der Waals surface area (Å²) in [5.41, 5.74) is 7.06. The summed E-state index contributed by atoms with van der Waals surface area (Å²) < 4.78 is 10.9. The second-order valence-corrected chi connectivity index (χ2v) is 5.96. The Labute approximate surface area is 149 Å². The lowest BCUT2D eigenvalue weighted by Crippen LogP contribution is -2.12. The molecule has 0 fully saturated rings. The van der Waals surface area contributed by atoms with Crippen LogP contribution in [0.3, 0.4) is 0 Å². The summed E-state index contributed by atoms with van der Waals surface area (Å²) in [6.07, 6.45) is 1.67. The highest BCUT2D eigenvalue weighted by Crippen LogP contribution is 2.30. The van der Waals surface area contributed by atoms with Crippen LogP contribution < -0.4 is 10.5 Å². The number of furan rings is 1. The van der Waals surface area contributed by atoms with Gasteiger partial charge >= 0.3 is 5.97 Å². The van der Waals surface area contributed by atoms with Crippen LogP contribution in [0.1, 0.15) is 15.9 Å². The number of primary amides is 1.